The van der Waals surface area contributed by atoms with Gasteiger partial charge in [-0.2, -0.15) is 0 Å². The summed E-state index contributed by atoms with van der Waals surface area (Å²) in [7, 11) is 0. The molecule has 2 aliphatic rings. The van der Waals surface area contributed by atoms with Crippen molar-refractivity contribution < 1.29 is 9.59 Å². The molecule has 0 saturated carbocycles. The van der Waals surface area contributed by atoms with Crippen molar-refractivity contribution in [2.75, 3.05) is 19.6 Å². The number of benzene rings is 1. The van der Waals surface area contributed by atoms with Crippen LogP contribution < -0.4 is 5.32 Å². The first-order chi connectivity index (χ1) is 12.4. The van der Waals surface area contributed by atoms with Gasteiger partial charge in [0.25, 0.3) is 5.91 Å². The predicted molar refractivity (Wildman–Crippen MR) is 104 cm³/mol. The lowest BCUT2D eigenvalue weighted by molar-refractivity contribution is -0.133. The van der Waals surface area contributed by atoms with Crippen molar-refractivity contribution in [3.05, 3.63) is 33.8 Å². The standard InChI is InChI=1S/C19H25Cl2N3O2/c1-12(22-18(25)14-6-5-7-15(20)17(14)21)19(26)24-11-8-16(13(24)2)23-9-3-4-10-23/h5-7,12-13,16H,3-4,8-11H2,1-2H3,(H,22,25). The van der Waals surface area contributed by atoms with Crippen LogP contribution in [0.3, 0.4) is 0 Å². The third-order valence-corrected chi connectivity index (χ3v) is 6.34. The molecule has 3 rings (SSSR count). The first-order valence-corrected chi connectivity index (χ1v) is 9.95. The minimum Gasteiger partial charge on any atom is -0.340 e. The molecule has 1 N–H and O–H groups in total. The first kappa shape index (κ1) is 19.5. The Bertz CT molecular complexity index is 691. The van der Waals surface area contributed by atoms with E-state index in [1.54, 1.807) is 25.1 Å². The highest BCUT2D eigenvalue weighted by molar-refractivity contribution is 6.43. The zero-order valence-electron chi connectivity index (χ0n) is 15.2. The Labute approximate surface area is 164 Å². The summed E-state index contributed by atoms with van der Waals surface area (Å²) < 4.78 is 0. The number of carbonyl (C=O) groups is 2. The van der Waals surface area contributed by atoms with Crippen molar-refractivity contribution in [2.45, 2.75) is 51.2 Å². The van der Waals surface area contributed by atoms with Gasteiger partial charge in [-0.1, -0.05) is 29.3 Å². The lowest BCUT2D eigenvalue weighted by Crippen LogP contribution is -2.50. The maximum Gasteiger partial charge on any atom is 0.253 e. The van der Waals surface area contributed by atoms with Gasteiger partial charge in [0.15, 0.2) is 0 Å². The lowest BCUT2D eigenvalue weighted by atomic mass is 10.1. The number of halogens is 2. The van der Waals surface area contributed by atoms with Crippen molar-refractivity contribution in [1.29, 1.82) is 0 Å². The van der Waals surface area contributed by atoms with Crippen LogP contribution in [0.25, 0.3) is 0 Å². The van der Waals surface area contributed by atoms with Crippen molar-refractivity contribution in [1.82, 2.24) is 15.1 Å². The maximum absolute atomic E-state index is 12.9. The molecule has 2 amide bonds. The molecule has 0 bridgehead atoms. The van der Waals surface area contributed by atoms with Crippen molar-refractivity contribution >= 4 is 35.0 Å². The average molecular weight is 398 g/mol. The maximum atomic E-state index is 12.9. The highest BCUT2D eigenvalue weighted by Crippen LogP contribution is 2.27. The van der Waals surface area contributed by atoms with Crippen LogP contribution in [0.15, 0.2) is 18.2 Å². The van der Waals surface area contributed by atoms with Gasteiger partial charge in [-0.05, 0) is 58.3 Å². The molecule has 0 spiro atoms. The number of nitrogens with one attached hydrogen (secondary N) is 1. The highest BCUT2D eigenvalue weighted by atomic mass is 35.5. The molecule has 0 aliphatic carbocycles. The zero-order valence-corrected chi connectivity index (χ0v) is 16.7. The Morgan fingerprint density at radius 3 is 2.58 bits per heavy atom. The van der Waals surface area contributed by atoms with Gasteiger partial charge in [0.2, 0.25) is 5.91 Å². The van der Waals surface area contributed by atoms with E-state index in [1.165, 1.54) is 12.8 Å². The average Bonchev–Trinajstić information content (AvgIpc) is 3.25. The minimum atomic E-state index is -0.614. The number of carbonyl (C=O) groups excluding carboxylic acids is 2. The van der Waals surface area contributed by atoms with E-state index in [9.17, 15) is 9.59 Å². The molecular formula is C19H25Cl2N3O2. The van der Waals surface area contributed by atoms with Crippen LogP contribution in [0.2, 0.25) is 10.0 Å². The van der Waals surface area contributed by atoms with E-state index in [-0.39, 0.29) is 28.4 Å². The fraction of sp³-hybridized carbons (Fsp3) is 0.579. The predicted octanol–water partition coefficient (Wildman–Crippen LogP) is 3.20. The van der Waals surface area contributed by atoms with Gasteiger partial charge >= 0.3 is 0 Å². The molecule has 0 radical (unpaired) electrons. The second-order valence-electron chi connectivity index (χ2n) is 7.17. The van der Waals surface area contributed by atoms with Crippen molar-refractivity contribution in [3.8, 4) is 0 Å². The van der Waals surface area contributed by atoms with Gasteiger partial charge in [0.05, 0.1) is 15.6 Å². The topological polar surface area (TPSA) is 52.7 Å². The second kappa shape index (κ2) is 8.15. The highest BCUT2D eigenvalue weighted by Gasteiger charge is 2.39. The SMILES string of the molecule is CC(NC(=O)c1cccc(Cl)c1Cl)C(=O)N1CCC(N2CCCC2)C1C. The van der Waals surface area contributed by atoms with E-state index < -0.39 is 6.04 Å². The van der Waals surface area contributed by atoms with E-state index in [0.29, 0.717) is 11.1 Å². The molecule has 5 nitrogen and oxygen atoms in total. The fourth-order valence-electron chi connectivity index (χ4n) is 4.06. The van der Waals surface area contributed by atoms with Crippen molar-refractivity contribution in [2.24, 2.45) is 0 Å². The lowest BCUT2D eigenvalue weighted by Gasteiger charge is -2.31. The van der Waals surface area contributed by atoms with E-state index >= 15 is 0 Å². The van der Waals surface area contributed by atoms with Gasteiger partial charge in [-0.3, -0.25) is 14.5 Å². The van der Waals surface area contributed by atoms with E-state index in [0.717, 1.165) is 26.1 Å². The van der Waals surface area contributed by atoms with Gasteiger partial charge in [0, 0.05) is 18.6 Å². The molecule has 2 saturated heterocycles. The zero-order chi connectivity index (χ0) is 18.8. The monoisotopic (exact) mass is 397 g/mol. The van der Waals surface area contributed by atoms with Crippen LogP contribution in [-0.2, 0) is 4.79 Å². The Morgan fingerprint density at radius 1 is 1.19 bits per heavy atom. The van der Waals surface area contributed by atoms with Gasteiger partial charge in [0.1, 0.15) is 6.04 Å². The number of likely N-dealkylation sites (tertiary alicyclic amines) is 2. The summed E-state index contributed by atoms with van der Waals surface area (Å²) in [6, 6.07) is 4.86. The molecule has 2 aliphatic heterocycles. The molecule has 2 heterocycles. The molecule has 1 aromatic rings. The second-order valence-corrected chi connectivity index (χ2v) is 7.95. The quantitative estimate of drug-likeness (QED) is 0.848. The summed E-state index contributed by atoms with van der Waals surface area (Å²) >= 11 is 12.1. The van der Waals surface area contributed by atoms with Crippen LogP contribution in [0.4, 0.5) is 0 Å². The Hall–Kier alpha value is -1.30. The van der Waals surface area contributed by atoms with Gasteiger partial charge in [-0.15, -0.1) is 0 Å². The van der Waals surface area contributed by atoms with Crippen LogP contribution in [-0.4, -0.2) is 59.4 Å². The van der Waals surface area contributed by atoms with Crippen LogP contribution in [0, 0.1) is 0 Å². The molecule has 142 valence electrons. The van der Waals surface area contributed by atoms with Crippen LogP contribution in [0.5, 0.6) is 0 Å². The molecule has 1 aromatic carbocycles. The molecule has 7 heteroatoms. The number of amides is 2. The van der Waals surface area contributed by atoms with Crippen molar-refractivity contribution in [3.63, 3.8) is 0 Å². The Kier molecular flexibility index (Phi) is 6.10. The largest absolute Gasteiger partial charge is 0.340 e. The normalized spacial score (nSPS) is 24.7. The van der Waals surface area contributed by atoms with Gasteiger partial charge < -0.3 is 10.2 Å². The smallest absolute Gasteiger partial charge is 0.253 e. The summed E-state index contributed by atoms with van der Waals surface area (Å²) in [4.78, 5) is 29.7. The molecular weight excluding hydrogens is 373 g/mol. The summed E-state index contributed by atoms with van der Waals surface area (Å²) in [6.07, 6.45) is 3.47. The fourth-order valence-corrected chi connectivity index (χ4v) is 4.45. The number of nitrogens with zero attached hydrogens (tertiary/aromatic N) is 2. The Balaban J connectivity index is 1.62. The molecule has 26 heavy (non-hydrogen) atoms. The first-order valence-electron chi connectivity index (χ1n) is 9.19. The summed E-state index contributed by atoms with van der Waals surface area (Å²) in [5.41, 5.74) is 0.281. The van der Waals surface area contributed by atoms with Gasteiger partial charge in [-0.25, -0.2) is 0 Å². The summed E-state index contributed by atoms with van der Waals surface area (Å²) in [5, 5.41) is 3.28. The molecule has 3 unspecified atom stereocenters. The third kappa shape index (κ3) is 3.85. The third-order valence-electron chi connectivity index (χ3n) is 5.52. The Morgan fingerprint density at radius 2 is 1.88 bits per heavy atom. The van der Waals surface area contributed by atoms with Crippen LogP contribution in [0.1, 0.15) is 43.5 Å². The number of hydrogen-bond acceptors (Lipinski definition) is 3. The summed E-state index contributed by atoms with van der Waals surface area (Å²) in [6.45, 7) is 6.80. The molecule has 0 aromatic heterocycles. The molecule has 3 atom stereocenters. The van der Waals surface area contributed by atoms with E-state index in [1.807, 2.05) is 4.90 Å². The number of hydrogen-bond donors (Lipinski definition) is 1. The minimum absolute atomic E-state index is 0.0503. The summed E-state index contributed by atoms with van der Waals surface area (Å²) in [5.74, 6) is -0.438. The van der Waals surface area contributed by atoms with E-state index in [2.05, 4.69) is 17.1 Å². The van der Waals surface area contributed by atoms with Crippen LogP contribution >= 0.6 is 23.2 Å². The molecule has 2 fully saturated rings. The number of rotatable bonds is 4. The van der Waals surface area contributed by atoms with E-state index in [4.69, 9.17) is 23.2 Å².